The van der Waals surface area contributed by atoms with E-state index in [1.807, 2.05) is 12.1 Å². The Balaban J connectivity index is 1.60. The molecule has 0 radical (unpaired) electrons. The number of hydrogen-bond donors (Lipinski definition) is 2. The Kier molecular flexibility index (Phi) is 6.48. The maximum atomic E-state index is 9.34. The fourth-order valence-corrected chi connectivity index (χ4v) is 3.61. The summed E-state index contributed by atoms with van der Waals surface area (Å²) < 4.78 is 11.2. The van der Waals surface area contributed by atoms with Gasteiger partial charge in [-0.15, -0.1) is 0 Å². The van der Waals surface area contributed by atoms with E-state index in [1.54, 1.807) is 0 Å². The van der Waals surface area contributed by atoms with E-state index in [1.165, 1.54) is 0 Å². The molecule has 0 unspecified atom stereocenters. The number of aromatic nitrogens is 1. The minimum Gasteiger partial charge on any atom is -0.379 e. The minimum absolute atomic E-state index is 0.227. The highest BCUT2D eigenvalue weighted by atomic mass is 16.5. The van der Waals surface area contributed by atoms with Crippen molar-refractivity contribution in [3.63, 3.8) is 0 Å². The van der Waals surface area contributed by atoms with Crippen LogP contribution in [0.2, 0.25) is 0 Å². The topological polar surface area (TPSA) is 79.2 Å². The second kappa shape index (κ2) is 9.02. The highest BCUT2D eigenvalue weighted by molar-refractivity contribution is 5.57. The molecule has 3 rings (SSSR count). The molecule has 0 amide bonds. The van der Waals surface area contributed by atoms with Gasteiger partial charge < -0.3 is 20.1 Å². The van der Waals surface area contributed by atoms with Crippen molar-refractivity contribution in [2.24, 2.45) is 0 Å². The zero-order valence-electron chi connectivity index (χ0n) is 15.0. The summed E-state index contributed by atoms with van der Waals surface area (Å²) in [5.41, 5.74) is 0.580. The van der Waals surface area contributed by atoms with Gasteiger partial charge in [-0.1, -0.05) is 0 Å². The highest BCUT2D eigenvalue weighted by Crippen LogP contribution is 2.25. The van der Waals surface area contributed by atoms with E-state index in [0.29, 0.717) is 30.1 Å². The average molecular weight is 344 g/mol. The fourth-order valence-electron chi connectivity index (χ4n) is 3.61. The van der Waals surface area contributed by atoms with Crippen molar-refractivity contribution in [1.29, 1.82) is 5.26 Å². The van der Waals surface area contributed by atoms with Gasteiger partial charge in [-0.2, -0.15) is 5.26 Å². The number of nitrogens with zero attached hydrogens (tertiary/aromatic N) is 2. The largest absolute Gasteiger partial charge is 0.379 e. The molecule has 2 fully saturated rings. The quantitative estimate of drug-likeness (QED) is 0.824. The normalized spacial score (nSPS) is 26.6. The van der Waals surface area contributed by atoms with E-state index < -0.39 is 0 Å². The number of nitriles is 1. The zero-order valence-corrected chi connectivity index (χ0v) is 15.0. The molecule has 6 nitrogen and oxygen atoms in total. The van der Waals surface area contributed by atoms with Crippen molar-refractivity contribution in [2.75, 3.05) is 30.5 Å². The van der Waals surface area contributed by atoms with Gasteiger partial charge in [-0.05, 0) is 57.6 Å². The van der Waals surface area contributed by atoms with Gasteiger partial charge in [0, 0.05) is 19.3 Å². The third kappa shape index (κ3) is 5.07. The van der Waals surface area contributed by atoms with E-state index in [0.717, 1.165) is 57.6 Å². The summed E-state index contributed by atoms with van der Waals surface area (Å²) in [5, 5.41) is 16.3. The van der Waals surface area contributed by atoms with Gasteiger partial charge >= 0.3 is 0 Å². The van der Waals surface area contributed by atoms with E-state index in [2.05, 4.69) is 28.6 Å². The minimum atomic E-state index is 0.227. The van der Waals surface area contributed by atoms with E-state index in [-0.39, 0.29) is 6.04 Å². The third-order valence-electron chi connectivity index (χ3n) is 4.95. The van der Waals surface area contributed by atoms with Crippen molar-refractivity contribution >= 4 is 11.6 Å². The fraction of sp³-hybridized carbons (Fsp3) is 0.684. The molecular formula is C19H28N4O2. The molecule has 25 heavy (non-hydrogen) atoms. The van der Waals surface area contributed by atoms with Gasteiger partial charge in [-0.3, -0.25) is 0 Å². The van der Waals surface area contributed by atoms with Crippen LogP contribution in [0, 0.1) is 11.3 Å². The standard InChI is InChI=1S/C19H28N4O2/c1-2-25-17-8-6-15(7-9-17)21-18-10-5-14(12-20)19(23-18)22-16-4-3-11-24-13-16/h5,10,15-17H,2-4,6-9,11,13H2,1H3,(H2,21,22,23)/t15?,16-,17?/m1/s1. The van der Waals surface area contributed by atoms with Gasteiger partial charge in [0.2, 0.25) is 0 Å². The molecule has 1 aliphatic carbocycles. The Bertz CT molecular complexity index is 588. The van der Waals surface area contributed by atoms with Crippen molar-refractivity contribution in [3.8, 4) is 6.07 Å². The van der Waals surface area contributed by atoms with Gasteiger partial charge in [0.05, 0.1) is 24.3 Å². The molecule has 0 bridgehead atoms. The summed E-state index contributed by atoms with van der Waals surface area (Å²) in [7, 11) is 0. The molecular weight excluding hydrogens is 316 g/mol. The Hall–Kier alpha value is -1.84. The van der Waals surface area contributed by atoms with Crippen LogP contribution in [0.25, 0.3) is 0 Å². The van der Waals surface area contributed by atoms with Crippen molar-refractivity contribution in [1.82, 2.24) is 4.98 Å². The SMILES string of the molecule is CCOC1CCC(Nc2ccc(C#N)c(N[C@@H]3CCCOC3)n2)CC1. The van der Waals surface area contributed by atoms with Crippen LogP contribution < -0.4 is 10.6 Å². The number of nitrogens with one attached hydrogen (secondary N) is 2. The van der Waals surface area contributed by atoms with Gasteiger partial charge in [-0.25, -0.2) is 4.98 Å². The molecule has 2 aliphatic rings. The molecule has 2 N–H and O–H groups in total. The van der Waals surface area contributed by atoms with Crippen LogP contribution in [0.1, 0.15) is 51.0 Å². The molecule has 1 atom stereocenters. The third-order valence-corrected chi connectivity index (χ3v) is 4.95. The predicted molar refractivity (Wildman–Crippen MR) is 97.7 cm³/mol. The Labute approximate surface area is 149 Å². The number of anilines is 2. The molecule has 1 aliphatic heterocycles. The lowest BCUT2D eigenvalue weighted by Crippen LogP contribution is -2.31. The van der Waals surface area contributed by atoms with Crippen LogP contribution >= 0.6 is 0 Å². The molecule has 2 heterocycles. The van der Waals surface area contributed by atoms with E-state index >= 15 is 0 Å². The summed E-state index contributed by atoms with van der Waals surface area (Å²) >= 11 is 0. The first-order valence-electron chi connectivity index (χ1n) is 9.42. The lowest BCUT2D eigenvalue weighted by atomic mass is 9.93. The first-order chi connectivity index (χ1) is 12.3. The van der Waals surface area contributed by atoms with Gasteiger partial charge in [0.1, 0.15) is 17.7 Å². The number of pyridine rings is 1. The van der Waals surface area contributed by atoms with Crippen LogP contribution in [0.15, 0.2) is 12.1 Å². The first-order valence-corrected chi connectivity index (χ1v) is 9.42. The van der Waals surface area contributed by atoms with Crippen LogP contribution in [0.4, 0.5) is 11.6 Å². The second-order valence-electron chi connectivity index (χ2n) is 6.84. The summed E-state index contributed by atoms with van der Waals surface area (Å²) in [5.74, 6) is 1.49. The predicted octanol–water partition coefficient (Wildman–Crippen LogP) is 3.30. The Morgan fingerprint density at radius 2 is 2.04 bits per heavy atom. The molecule has 1 saturated carbocycles. The van der Waals surface area contributed by atoms with E-state index in [4.69, 9.17) is 9.47 Å². The Morgan fingerprint density at radius 1 is 1.20 bits per heavy atom. The molecule has 6 heteroatoms. The molecule has 1 aromatic heterocycles. The monoisotopic (exact) mass is 344 g/mol. The van der Waals surface area contributed by atoms with Crippen LogP contribution in [-0.2, 0) is 9.47 Å². The average Bonchev–Trinajstić information content (AvgIpc) is 2.65. The van der Waals surface area contributed by atoms with Crippen LogP contribution in [0.3, 0.4) is 0 Å². The number of ether oxygens (including phenoxy) is 2. The smallest absolute Gasteiger partial charge is 0.146 e. The maximum Gasteiger partial charge on any atom is 0.146 e. The Morgan fingerprint density at radius 3 is 2.72 bits per heavy atom. The number of rotatable bonds is 6. The van der Waals surface area contributed by atoms with Crippen LogP contribution in [0.5, 0.6) is 0 Å². The maximum absolute atomic E-state index is 9.34. The molecule has 136 valence electrons. The molecule has 0 aromatic carbocycles. The second-order valence-corrected chi connectivity index (χ2v) is 6.84. The molecule has 1 aromatic rings. The molecule has 1 saturated heterocycles. The van der Waals surface area contributed by atoms with Crippen LogP contribution in [-0.4, -0.2) is 43.0 Å². The van der Waals surface area contributed by atoms with Crippen molar-refractivity contribution < 1.29 is 9.47 Å². The summed E-state index contributed by atoms with van der Waals surface area (Å²) in [6.07, 6.45) is 6.85. The first kappa shape index (κ1) is 18.0. The van der Waals surface area contributed by atoms with Gasteiger partial charge in [0.15, 0.2) is 0 Å². The lowest BCUT2D eigenvalue weighted by Gasteiger charge is -2.29. The highest BCUT2D eigenvalue weighted by Gasteiger charge is 2.22. The van der Waals surface area contributed by atoms with Crippen molar-refractivity contribution in [3.05, 3.63) is 17.7 Å². The zero-order chi connectivity index (χ0) is 17.5. The summed E-state index contributed by atoms with van der Waals surface area (Å²) in [4.78, 5) is 4.66. The summed E-state index contributed by atoms with van der Waals surface area (Å²) in [6, 6.07) is 6.61. The number of hydrogen-bond acceptors (Lipinski definition) is 6. The van der Waals surface area contributed by atoms with Gasteiger partial charge in [0.25, 0.3) is 0 Å². The summed E-state index contributed by atoms with van der Waals surface area (Å²) in [6.45, 7) is 4.34. The molecule has 0 spiro atoms. The lowest BCUT2D eigenvalue weighted by molar-refractivity contribution is 0.0346. The van der Waals surface area contributed by atoms with E-state index in [9.17, 15) is 5.26 Å². The van der Waals surface area contributed by atoms with Crippen molar-refractivity contribution in [2.45, 2.75) is 63.6 Å².